The molecule has 4 N–H and O–H groups in total. The molecule has 0 fully saturated rings. The van der Waals surface area contributed by atoms with E-state index in [0.29, 0.717) is 0 Å². The fourth-order valence-electron chi connectivity index (χ4n) is 1.63. The van der Waals surface area contributed by atoms with E-state index < -0.39 is 24.9 Å². The minimum absolute atomic E-state index is 0.162. The summed E-state index contributed by atoms with van der Waals surface area (Å²) < 4.78 is 0.162. The Hall–Kier alpha value is 0.890. The topological polar surface area (TPSA) is 80.9 Å². The highest BCUT2D eigenvalue weighted by atomic mass is 32.2. The standard InChI is InChI=1S/C12H26O4S3/c1-4-17-11(12(18-5-2)19-6-3)10(16)9(15)8(14)7-13/h8-16H,4-7H2,1-3H3/t8-,9-,10-,11-/m1/s1. The van der Waals surface area contributed by atoms with Gasteiger partial charge in [-0.3, -0.25) is 0 Å². The maximum absolute atomic E-state index is 10.3. The summed E-state index contributed by atoms with van der Waals surface area (Å²) in [6.45, 7) is 5.58. The zero-order valence-electron chi connectivity index (χ0n) is 11.7. The van der Waals surface area contributed by atoms with Crippen molar-refractivity contribution in [1.29, 1.82) is 0 Å². The molecule has 0 rings (SSSR count). The Kier molecular flexibility index (Phi) is 12.1. The van der Waals surface area contributed by atoms with Crippen molar-refractivity contribution in [3.05, 3.63) is 0 Å². The highest BCUT2D eigenvalue weighted by molar-refractivity contribution is 8.18. The zero-order chi connectivity index (χ0) is 14.8. The van der Waals surface area contributed by atoms with Crippen molar-refractivity contribution in [2.75, 3.05) is 23.9 Å². The van der Waals surface area contributed by atoms with Crippen molar-refractivity contribution in [3.63, 3.8) is 0 Å². The van der Waals surface area contributed by atoms with Crippen LogP contribution in [-0.4, -0.2) is 72.4 Å². The highest BCUT2D eigenvalue weighted by Crippen LogP contribution is 2.36. The van der Waals surface area contributed by atoms with Gasteiger partial charge < -0.3 is 20.4 Å². The predicted molar refractivity (Wildman–Crippen MR) is 87.1 cm³/mol. The van der Waals surface area contributed by atoms with Crippen molar-refractivity contribution in [2.24, 2.45) is 0 Å². The Morgan fingerprint density at radius 1 is 0.789 bits per heavy atom. The molecular weight excluding hydrogens is 304 g/mol. The Morgan fingerprint density at radius 2 is 1.26 bits per heavy atom. The summed E-state index contributed by atoms with van der Waals surface area (Å²) in [6.07, 6.45) is -3.66. The number of hydrogen-bond donors (Lipinski definition) is 4. The lowest BCUT2D eigenvalue weighted by atomic mass is 10.1. The van der Waals surface area contributed by atoms with Gasteiger partial charge in [-0.2, -0.15) is 11.8 Å². The Labute approximate surface area is 128 Å². The van der Waals surface area contributed by atoms with Crippen LogP contribution in [0.5, 0.6) is 0 Å². The molecule has 0 aromatic heterocycles. The minimum atomic E-state index is -1.31. The van der Waals surface area contributed by atoms with Gasteiger partial charge in [-0.1, -0.05) is 20.8 Å². The van der Waals surface area contributed by atoms with Crippen molar-refractivity contribution in [2.45, 2.75) is 48.9 Å². The molecule has 4 atom stereocenters. The van der Waals surface area contributed by atoms with Crippen LogP contribution < -0.4 is 0 Å². The fourth-order valence-corrected chi connectivity index (χ4v) is 6.03. The Balaban J connectivity index is 4.82. The van der Waals surface area contributed by atoms with Crippen LogP contribution in [0.2, 0.25) is 0 Å². The van der Waals surface area contributed by atoms with Gasteiger partial charge in [0.1, 0.15) is 12.2 Å². The molecule has 4 nitrogen and oxygen atoms in total. The number of hydrogen-bond acceptors (Lipinski definition) is 7. The third-order valence-electron chi connectivity index (χ3n) is 2.56. The SMILES string of the molecule is CCSC(SCC)[C@H](SCC)[C@H](O)[C@H](O)[C@H](O)CO. The van der Waals surface area contributed by atoms with Gasteiger partial charge in [0.05, 0.1) is 22.5 Å². The Morgan fingerprint density at radius 3 is 1.63 bits per heavy atom. The molecule has 0 bridgehead atoms. The normalized spacial score (nSPS) is 18.3. The van der Waals surface area contributed by atoms with E-state index in [1.807, 2.05) is 6.92 Å². The van der Waals surface area contributed by atoms with Crippen LogP contribution in [0.25, 0.3) is 0 Å². The molecule has 0 aromatic carbocycles. The fraction of sp³-hybridized carbons (Fsp3) is 1.00. The molecule has 0 saturated carbocycles. The first-order valence-electron chi connectivity index (χ1n) is 6.53. The second-order valence-electron chi connectivity index (χ2n) is 3.93. The Bertz CT molecular complexity index is 215. The molecular formula is C12H26O4S3. The molecule has 0 aliphatic rings. The van der Waals surface area contributed by atoms with E-state index >= 15 is 0 Å². The van der Waals surface area contributed by atoms with Gasteiger partial charge in [-0.25, -0.2) is 0 Å². The molecule has 0 spiro atoms. The molecule has 7 heteroatoms. The highest BCUT2D eigenvalue weighted by Gasteiger charge is 2.36. The summed E-state index contributed by atoms with van der Waals surface area (Å²) in [5.74, 6) is 2.70. The largest absolute Gasteiger partial charge is 0.394 e. The summed E-state index contributed by atoms with van der Waals surface area (Å²) in [5, 5.41) is 38.3. The predicted octanol–water partition coefficient (Wildman–Crippen LogP) is 1.02. The van der Waals surface area contributed by atoms with Crippen molar-refractivity contribution >= 4 is 35.3 Å². The molecule has 0 amide bonds. The van der Waals surface area contributed by atoms with E-state index in [9.17, 15) is 15.3 Å². The number of thioether (sulfide) groups is 3. The third-order valence-corrected chi connectivity index (χ3v) is 6.90. The molecule has 0 unspecified atom stereocenters. The summed E-state index contributed by atoms with van der Waals surface area (Å²) in [7, 11) is 0. The molecule has 0 heterocycles. The molecule has 116 valence electrons. The van der Waals surface area contributed by atoms with Crippen LogP contribution in [0.4, 0.5) is 0 Å². The van der Waals surface area contributed by atoms with Gasteiger partial charge in [0, 0.05) is 0 Å². The van der Waals surface area contributed by atoms with Gasteiger partial charge >= 0.3 is 0 Å². The van der Waals surface area contributed by atoms with E-state index in [1.165, 1.54) is 0 Å². The maximum atomic E-state index is 10.3. The van der Waals surface area contributed by atoms with Crippen molar-refractivity contribution < 1.29 is 20.4 Å². The van der Waals surface area contributed by atoms with Crippen LogP contribution in [-0.2, 0) is 0 Å². The first kappa shape index (κ1) is 19.9. The van der Waals surface area contributed by atoms with E-state index in [0.717, 1.165) is 17.3 Å². The van der Waals surface area contributed by atoms with Crippen LogP contribution in [0.15, 0.2) is 0 Å². The van der Waals surface area contributed by atoms with E-state index in [4.69, 9.17) is 5.11 Å². The molecule has 0 aromatic rings. The quantitative estimate of drug-likeness (QED) is 0.421. The lowest BCUT2D eigenvalue weighted by Gasteiger charge is -2.33. The summed E-state index contributed by atoms with van der Waals surface area (Å²) in [5.41, 5.74) is 0. The monoisotopic (exact) mass is 330 g/mol. The van der Waals surface area contributed by atoms with Crippen molar-refractivity contribution in [1.82, 2.24) is 0 Å². The summed E-state index contributed by atoms with van der Waals surface area (Å²) >= 11 is 5.07. The lowest BCUT2D eigenvalue weighted by Crippen LogP contribution is -2.47. The lowest BCUT2D eigenvalue weighted by molar-refractivity contribution is -0.0750. The zero-order valence-corrected chi connectivity index (χ0v) is 14.2. The van der Waals surface area contributed by atoms with E-state index in [-0.39, 0.29) is 9.83 Å². The maximum Gasteiger partial charge on any atom is 0.109 e. The first-order valence-corrected chi connectivity index (χ1v) is 9.67. The number of aliphatic hydroxyl groups is 4. The smallest absolute Gasteiger partial charge is 0.109 e. The van der Waals surface area contributed by atoms with Gasteiger partial charge in [0.2, 0.25) is 0 Å². The first-order chi connectivity index (χ1) is 9.03. The third kappa shape index (κ3) is 6.93. The average molecular weight is 331 g/mol. The second kappa shape index (κ2) is 11.5. The summed E-state index contributed by atoms with van der Waals surface area (Å²) in [6, 6.07) is 0. The minimum Gasteiger partial charge on any atom is -0.394 e. The molecule has 0 aliphatic heterocycles. The van der Waals surface area contributed by atoms with E-state index in [2.05, 4.69) is 13.8 Å². The number of rotatable bonds is 11. The van der Waals surface area contributed by atoms with Crippen LogP contribution in [0.3, 0.4) is 0 Å². The van der Waals surface area contributed by atoms with Gasteiger partial charge in [0.15, 0.2) is 0 Å². The second-order valence-corrected chi connectivity index (χ2v) is 8.52. The number of aliphatic hydroxyl groups excluding tert-OH is 4. The van der Waals surface area contributed by atoms with Gasteiger partial charge in [-0.15, -0.1) is 23.5 Å². The molecule has 0 aliphatic carbocycles. The molecule has 0 saturated heterocycles. The van der Waals surface area contributed by atoms with Gasteiger partial charge in [-0.05, 0) is 17.3 Å². The van der Waals surface area contributed by atoms with Crippen molar-refractivity contribution in [3.8, 4) is 0 Å². The van der Waals surface area contributed by atoms with E-state index in [1.54, 1.807) is 35.3 Å². The van der Waals surface area contributed by atoms with Crippen LogP contribution in [0.1, 0.15) is 20.8 Å². The van der Waals surface area contributed by atoms with Gasteiger partial charge in [0.25, 0.3) is 0 Å². The van der Waals surface area contributed by atoms with Crippen LogP contribution >= 0.6 is 35.3 Å². The molecule has 19 heavy (non-hydrogen) atoms. The average Bonchev–Trinajstić information content (AvgIpc) is 2.42. The molecule has 0 radical (unpaired) electrons. The summed E-state index contributed by atoms with van der Waals surface area (Å²) in [4.78, 5) is 0. The van der Waals surface area contributed by atoms with Crippen LogP contribution in [0, 0.1) is 0 Å².